The number of carbonyl (C=O) groups excluding carboxylic acids is 1. The van der Waals surface area contributed by atoms with E-state index in [-0.39, 0.29) is 23.7 Å². The number of rotatable bonds is 5. The van der Waals surface area contributed by atoms with Crippen molar-refractivity contribution in [2.75, 3.05) is 20.3 Å². The highest BCUT2D eigenvalue weighted by Gasteiger charge is 2.46. The van der Waals surface area contributed by atoms with Crippen LogP contribution in [0.2, 0.25) is 0 Å². The van der Waals surface area contributed by atoms with E-state index in [1.807, 2.05) is 24.3 Å². The van der Waals surface area contributed by atoms with Gasteiger partial charge in [0.1, 0.15) is 11.6 Å². The first-order valence-electron chi connectivity index (χ1n) is 12.0. The Morgan fingerprint density at radius 1 is 1.08 bits per heavy atom. The van der Waals surface area contributed by atoms with Crippen molar-refractivity contribution in [3.05, 3.63) is 102 Å². The normalized spacial score (nSPS) is 18.6. The molecule has 4 heterocycles. The summed E-state index contributed by atoms with van der Waals surface area (Å²) in [5.41, 5.74) is 3.20. The summed E-state index contributed by atoms with van der Waals surface area (Å²) in [5.74, 6) is 1.08. The first-order valence-corrected chi connectivity index (χ1v) is 12.0. The van der Waals surface area contributed by atoms with Crippen molar-refractivity contribution in [1.82, 2.24) is 25.0 Å². The molecule has 0 saturated carbocycles. The number of methoxy groups -OCH3 is 1. The van der Waals surface area contributed by atoms with Crippen molar-refractivity contribution in [3.63, 3.8) is 0 Å². The van der Waals surface area contributed by atoms with E-state index in [1.165, 1.54) is 25.4 Å². The van der Waals surface area contributed by atoms with Gasteiger partial charge in [-0.2, -0.15) is 0 Å². The summed E-state index contributed by atoms with van der Waals surface area (Å²) in [6.07, 6.45) is 4.94. The molecular weight excluding hydrogens is 473 g/mol. The van der Waals surface area contributed by atoms with Crippen LogP contribution >= 0.6 is 0 Å². The molecule has 1 amide bonds. The fraction of sp³-hybridized carbons (Fsp3) is 0.214. The standard InChI is InChI=1S/C28H24FN5O3/c1-36-25-9-6-20(14-32-25)28(35)34-16-21-17-37-24-13-22(29)7-8-23(24)26(21)33(34)15-18-4-2-5-19(12-18)27-30-10-3-11-31-27/h2-14,21,26H,15-17H2,1H3/t21-,26-/m1/s1. The zero-order chi connectivity index (χ0) is 25.4. The van der Waals surface area contributed by atoms with Gasteiger partial charge in [0.25, 0.3) is 5.91 Å². The molecule has 1 saturated heterocycles. The van der Waals surface area contributed by atoms with Gasteiger partial charge in [0.2, 0.25) is 5.88 Å². The third-order valence-corrected chi connectivity index (χ3v) is 6.75. The van der Waals surface area contributed by atoms with E-state index in [1.54, 1.807) is 41.7 Å². The van der Waals surface area contributed by atoms with E-state index >= 15 is 0 Å². The van der Waals surface area contributed by atoms with Gasteiger partial charge in [-0.3, -0.25) is 9.80 Å². The van der Waals surface area contributed by atoms with E-state index in [9.17, 15) is 9.18 Å². The Balaban J connectivity index is 1.38. The third-order valence-electron chi connectivity index (χ3n) is 6.75. The third kappa shape index (κ3) is 4.38. The number of halogens is 1. The molecule has 6 rings (SSSR count). The molecule has 37 heavy (non-hydrogen) atoms. The zero-order valence-corrected chi connectivity index (χ0v) is 20.1. The Labute approximate surface area is 213 Å². The molecule has 0 unspecified atom stereocenters. The Morgan fingerprint density at radius 2 is 1.95 bits per heavy atom. The highest BCUT2D eigenvalue weighted by Crippen LogP contribution is 2.45. The van der Waals surface area contributed by atoms with Gasteiger partial charge in [-0.25, -0.2) is 24.4 Å². The second-order valence-electron chi connectivity index (χ2n) is 9.04. The van der Waals surface area contributed by atoms with Crippen LogP contribution in [0, 0.1) is 11.7 Å². The molecule has 8 nitrogen and oxygen atoms in total. The Bertz CT molecular complexity index is 1430. The molecule has 2 aliphatic heterocycles. The van der Waals surface area contributed by atoms with Crippen LogP contribution in [-0.4, -0.2) is 51.1 Å². The number of carbonyl (C=O) groups is 1. The topological polar surface area (TPSA) is 80.7 Å². The van der Waals surface area contributed by atoms with Crippen molar-refractivity contribution in [3.8, 4) is 23.0 Å². The van der Waals surface area contributed by atoms with E-state index in [2.05, 4.69) is 20.0 Å². The second kappa shape index (κ2) is 9.59. The molecule has 0 aliphatic carbocycles. The predicted octanol–water partition coefficient (Wildman–Crippen LogP) is 4.31. The molecule has 0 radical (unpaired) electrons. The van der Waals surface area contributed by atoms with Crippen LogP contribution in [0.1, 0.15) is 27.5 Å². The van der Waals surface area contributed by atoms with Gasteiger partial charge < -0.3 is 9.47 Å². The van der Waals surface area contributed by atoms with Crippen molar-refractivity contribution in [2.45, 2.75) is 12.6 Å². The molecule has 2 atom stereocenters. The number of benzene rings is 2. The first kappa shape index (κ1) is 23.1. The second-order valence-corrected chi connectivity index (χ2v) is 9.04. The lowest BCUT2D eigenvalue weighted by atomic mass is 9.91. The summed E-state index contributed by atoms with van der Waals surface area (Å²) in [6, 6.07) is 17.6. The summed E-state index contributed by atoms with van der Waals surface area (Å²) in [6.45, 7) is 1.31. The molecule has 0 spiro atoms. The number of hydrogen-bond acceptors (Lipinski definition) is 7. The number of ether oxygens (including phenoxy) is 2. The van der Waals surface area contributed by atoms with Crippen LogP contribution < -0.4 is 9.47 Å². The summed E-state index contributed by atoms with van der Waals surface area (Å²) in [4.78, 5) is 26.7. The van der Waals surface area contributed by atoms with Crippen LogP contribution in [-0.2, 0) is 6.54 Å². The number of nitrogens with zero attached hydrogens (tertiary/aromatic N) is 5. The summed E-state index contributed by atoms with van der Waals surface area (Å²) in [7, 11) is 1.53. The van der Waals surface area contributed by atoms with Crippen molar-refractivity contribution in [1.29, 1.82) is 0 Å². The van der Waals surface area contributed by atoms with E-state index in [4.69, 9.17) is 9.47 Å². The quantitative estimate of drug-likeness (QED) is 0.407. The Hall–Kier alpha value is -4.37. The van der Waals surface area contributed by atoms with Crippen LogP contribution in [0.3, 0.4) is 0 Å². The van der Waals surface area contributed by atoms with Gasteiger partial charge in [0.15, 0.2) is 5.82 Å². The minimum Gasteiger partial charge on any atom is -0.493 e. The molecule has 2 aromatic heterocycles. The van der Waals surface area contributed by atoms with Crippen LogP contribution in [0.15, 0.2) is 79.3 Å². The molecule has 9 heteroatoms. The summed E-state index contributed by atoms with van der Waals surface area (Å²) in [5, 5.41) is 3.81. The molecule has 0 N–H and O–H groups in total. The maximum atomic E-state index is 14.0. The smallest absolute Gasteiger partial charge is 0.269 e. The number of hydrogen-bond donors (Lipinski definition) is 0. The number of hydrazine groups is 1. The van der Waals surface area contributed by atoms with Crippen molar-refractivity contribution < 1.29 is 18.7 Å². The number of amides is 1. The van der Waals surface area contributed by atoms with Crippen LogP contribution in [0.4, 0.5) is 4.39 Å². The van der Waals surface area contributed by atoms with E-state index < -0.39 is 0 Å². The van der Waals surface area contributed by atoms with Crippen LogP contribution in [0.5, 0.6) is 11.6 Å². The number of pyridine rings is 1. The Kier molecular flexibility index (Phi) is 5.97. The maximum Gasteiger partial charge on any atom is 0.269 e. The highest BCUT2D eigenvalue weighted by molar-refractivity contribution is 5.93. The largest absolute Gasteiger partial charge is 0.493 e. The van der Waals surface area contributed by atoms with E-state index in [0.717, 1.165) is 16.7 Å². The fourth-order valence-electron chi connectivity index (χ4n) is 5.06. The SMILES string of the molecule is COc1ccc(C(=O)N2C[C@@H]3COc4cc(F)ccc4[C@@H]3N2Cc2cccc(-c3ncccn3)c2)cn1. The molecule has 0 bridgehead atoms. The van der Waals surface area contributed by atoms with Crippen molar-refractivity contribution in [2.24, 2.45) is 5.92 Å². The number of aromatic nitrogens is 3. The van der Waals surface area contributed by atoms with E-state index in [0.29, 0.717) is 42.7 Å². The lowest BCUT2D eigenvalue weighted by Crippen LogP contribution is -2.42. The molecule has 186 valence electrons. The monoisotopic (exact) mass is 497 g/mol. The molecule has 4 aromatic rings. The minimum atomic E-state index is -0.352. The van der Waals surface area contributed by atoms with Gasteiger partial charge in [0.05, 0.1) is 25.3 Å². The lowest BCUT2D eigenvalue weighted by molar-refractivity contribution is -0.00596. The first-order chi connectivity index (χ1) is 18.1. The molecule has 2 aliphatic rings. The zero-order valence-electron chi connectivity index (χ0n) is 20.1. The summed E-state index contributed by atoms with van der Waals surface area (Å²) >= 11 is 0. The lowest BCUT2D eigenvalue weighted by Gasteiger charge is -2.35. The molecular formula is C28H24FN5O3. The van der Waals surface area contributed by atoms with Gasteiger partial charge >= 0.3 is 0 Å². The molecule has 2 aromatic carbocycles. The van der Waals surface area contributed by atoms with Crippen LogP contribution in [0.25, 0.3) is 11.4 Å². The average molecular weight is 498 g/mol. The fourth-order valence-corrected chi connectivity index (χ4v) is 5.06. The summed E-state index contributed by atoms with van der Waals surface area (Å²) < 4.78 is 25.0. The maximum absolute atomic E-state index is 14.0. The van der Waals surface area contributed by atoms with Gasteiger partial charge in [-0.05, 0) is 29.8 Å². The van der Waals surface area contributed by atoms with Gasteiger partial charge in [-0.15, -0.1) is 0 Å². The minimum absolute atomic E-state index is 0.0220. The van der Waals surface area contributed by atoms with Gasteiger partial charge in [-0.1, -0.05) is 24.3 Å². The van der Waals surface area contributed by atoms with Gasteiger partial charge in [0, 0.05) is 60.9 Å². The highest BCUT2D eigenvalue weighted by atomic mass is 19.1. The number of fused-ring (bicyclic) bond motifs is 3. The predicted molar refractivity (Wildman–Crippen MR) is 133 cm³/mol. The molecule has 1 fully saturated rings. The average Bonchev–Trinajstić information content (AvgIpc) is 3.31. The Morgan fingerprint density at radius 3 is 2.73 bits per heavy atom. The van der Waals surface area contributed by atoms with Crippen molar-refractivity contribution >= 4 is 5.91 Å².